The fraction of sp³-hybridized carbons (Fsp3) is 0. The molecule has 0 saturated heterocycles. The lowest BCUT2D eigenvalue weighted by molar-refractivity contribution is -0.112. The Bertz CT molecular complexity index is 588. The molecule has 1 amide bonds. The summed E-state index contributed by atoms with van der Waals surface area (Å²) in [5.74, 6) is -0.468. The highest BCUT2D eigenvalue weighted by atomic mass is 16.1. The van der Waals surface area contributed by atoms with Crippen LogP contribution in [-0.2, 0) is 4.79 Å². The summed E-state index contributed by atoms with van der Waals surface area (Å²) < 4.78 is 0. The number of carbonyl (C=O) groups is 1. The van der Waals surface area contributed by atoms with Crippen LogP contribution in [0.1, 0.15) is 11.1 Å². The number of rotatable bonds is 3. The molecule has 0 unspecified atom stereocenters. The third kappa shape index (κ3) is 2.77. The molecule has 0 bridgehead atoms. The smallest absolute Gasteiger partial charge is 0.249 e. The molecule has 0 aliphatic heterocycles. The second-order valence-electron chi connectivity index (χ2n) is 3.96. The van der Waals surface area contributed by atoms with E-state index in [0.717, 1.165) is 11.1 Å². The molecule has 0 radical (unpaired) electrons. The molecule has 2 rings (SSSR count). The molecule has 0 aliphatic carbocycles. The van der Waals surface area contributed by atoms with E-state index in [1.54, 1.807) is 24.3 Å². The maximum atomic E-state index is 11.5. The van der Waals surface area contributed by atoms with E-state index in [0.29, 0.717) is 11.3 Å². The summed E-state index contributed by atoms with van der Waals surface area (Å²) in [5, 5.41) is 0. The van der Waals surface area contributed by atoms with Crippen LogP contribution in [0.3, 0.4) is 0 Å². The van der Waals surface area contributed by atoms with Gasteiger partial charge in [-0.1, -0.05) is 42.5 Å². The first-order valence-electron chi connectivity index (χ1n) is 5.59. The summed E-state index contributed by atoms with van der Waals surface area (Å²) >= 11 is 0. The van der Waals surface area contributed by atoms with Crippen LogP contribution in [0.2, 0.25) is 0 Å². The van der Waals surface area contributed by atoms with Gasteiger partial charge in [-0.15, -0.1) is 0 Å². The molecule has 18 heavy (non-hydrogen) atoms. The molecule has 0 atom stereocenters. The number of hydrogen-bond donors (Lipinski definition) is 2. The molecule has 0 aliphatic rings. The molecular formula is C15H14N2O. The minimum absolute atomic E-state index is 0.452. The van der Waals surface area contributed by atoms with Crippen LogP contribution in [0.25, 0.3) is 11.6 Å². The average Bonchev–Trinajstić information content (AvgIpc) is 2.37. The number of anilines is 1. The third-order valence-electron chi connectivity index (χ3n) is 2.57. The van der Waals surface area contributed by atoms with Crippen molar-refractivity contribution in [2.45, 2.75) is 0 Å². The molecule has 0 heterocycles. The lowest BCUT2D eigenvalue weighted by atomic mass is 10.0. The van der Waals surface area contributed by atoms with E-state index < -0.39 is 5.91 Å². The van der Waals surface area contributed by atoms with E-state index in [1.165, 1.54) is 0 Å². The van der Waals surface area contributed by atoms with E-state index in [1.807, 2.05) is 36.4 Å². The van der Waals surface area contributed by atoms with Crippen molar-refractivity contribution in [3.8, 4) is 0 Å². The van der Waals surface area contributed by atoms with Gasteiger partial charge in [0.15, 0.2) is 0 Å². The van der Waals surface area contributed by atoms with Crippen LogP contribution < -0.4 is 11.5 Å². The summed E-state index contributed by atoms with van der Waals surface area (Å²) in [6.45, 7) is 0. The first-order chi connectivity index (χ1) is 8.66. The Labute approximate surface area is 106 Å². The topological polar surface area (TPSA) is 69.1 Å². The Morgan fingerprint density at radius 3 is 2.33 bits per heavy atom. The molecule has 0 spiro atoms. The number of nitrogens with two attached hydrogens (primary N) is 2. The van der Waals surface area contributed by atoms with Crippen molar-refractivity contribution in [2.24, 2.45) is 5.73 Å². The van der Waals surface area contributed by atoms with Gasteiger partial charge in [0.25, 0.3) is 0 Å². The number of benzene rings is 2. The largest absolute Gasteiger partial charge is 0.399 e. The van der Waals surface area contributed by atoms with Gasteiger partial charge in [0.1, 0.15) is 0 Å². The van der Waals surface area contributed by atoms with Gasteiger partial charge in [0.2, 0.25) is 5.91 Å². The van der Waals surface area contributed by atoms with E-state index in [9.17, 15) is 4.79 Å². The van der Waals surface area contributed by atoms with Crippen molar-refractivity contribution >= 4 is 23.2 Å². The van der Waals surface area contributed by atoms with Crippen molar-refractivity contribution in [1.82, 2.24) is 0 Å². The quantitative estimate of drug-likeness (QED) is 0.489. The van der Waals surface area contributed by atoms with Gasteiger partial charge in [-0.3, -0.25) is 4.79 Å². The summed E-state index contributed by atoms with van der Waals surface area (Å²) in [6, 6.07) is 16.7. The minimum atomic E-state index is -0.468. The fourth-order valence-electron chi connectivity index (χ4n) is 1.72. The number of nitrogen functional groups attached to an aromatic ring is 1. The molecule has 0 aromatic heterocycles. The molecule has 4 N–H and O–H groups in total. The zero-order chi connectivity index (χ0) is 13.0. The SMILES string of the molecule is NC(=O)/C(=C\c1ccccc1)c1cccc(N)c1. The maximum absolute atomic E-state index is 11.5. The predicted molar refractivity (Wildman–Crippen MR) is 74.4 cm³/mol. The number of amides is 1. The highest BCUT2D eigenvalue weighted by Crippen LogP contribution is 2.19. The predicted octanol–water partition coefficient (Wildman–Crippen LogP) is 2.29. The van der Waals surface area contributed by atoms with E-state index in [-0.39, 0.29) is 0 Å². The number of carbonyl (C=O) groups excluding carboxylic acids is 1. The van der Waals surface area contributed by atoms with E-state index >= 15 is 0 Å². The van der Waals surface area contributed by atoms with Gasteiger partial charge < -0.3 is 11.5 Å². The molecule has 3 nitrogen and oxygen atoms in total. The molecule has 2 aromatic carbocycles. The Balaban J connectivity index is 2.47. The standard InChI is InChI=1S/C15H14N2O/c16-13-8-4-7-12(10-13)14(15(17)18)9-11-5-2-1-3-6-11/h1-10H,16H2,(H2,17,18)/b14-9-. The summed E-state index contributed by atoms with van der Waals surface area (Å²) in [7, 11) is 0. The van der Waals surface area contributed by atoms with Crippen molar-refractivity contribution in [3.05, 3.63) is 65.7 Å². The Morgan fingerprint density at radius 2 is 1.72 bits per heavy atom. The molecule has 0 saturated carbocycles. The van der Waals surface area contributed by atoms with Gasteiger partial charge in [0.05, 0.1) is 0 Å². The molecule has 3 heteroatoms. The highest BCUT2D eigenvalue weighted by molar-refractivity contribution is 6.23. The number of primary amides is 1. The maximum Gasteiger partial charge on any atom is 0.249 e. The van der Waals surface area contributed by atoms with Gasteiger partial charge in [-0.05, 0) is 29.3 Å². The lowest BCUT2D eigenvalue weighted by Gasteiger charge is -2.05. The van der Waals surface area contributed by atoms with Crippen LogP contribution in [0.5, 0.6) is 0 Å². The Morgan fingerprint density at radius 1 is 1.00 bits per heavy atom. The van der Waals surface area contributed by atoms with Crippen molar-refractivity contribution in [2.75, 3.05) is 5.73 Å². The monoisotopic (exact) mass is 238 g/mol. The summed E-state index contributed by atoms with van der Waals surface area (Å²) in [6.07, 6.45) is 1.76. The summed E-state index contributed by atoms with van der Waals surface area (Å²) in [4.78, 5) is 11.5. The van der Waals surface area contributed by atoms with E-state index in [4.69, 9.17) is 11.5 Å². The Hall–Kier alpha value is -2.55. The second kappa shape index (κ2) is 5.19. The van der Waals surface area contributed by atoms with Gasteiger partial charge in [-0.2, -0.15) is 0 Å². The first-order valence-corrected chi connectivity index (χ1v) is 5.59. The third-order valence-corrected chi connectivity index (χ3v) is 2.57. The van der Waals surface area contributed by atoms with Gasteiger partial charge in [-0.25, -0.2) is 0 Å². The molecule has 2 aromatic rings. The number of hydrogen-bond acceptors (Lipinski definition) is 2. The normalized spacial score (nSPS) is 11.2. The van der Waals surface area contributed by atoms with Crippen LogP contribution in [0.4, 0.5) is 5.69 Å². The van der Waals surface area contributed by atoms with Crippen molar-refractivity contribution < 1.29 is 4.79 Å². The average molecular weight is 238 g/mol. The molecular weight excluding hydrogens is 224 g/mol. The summed E-state index contributed by atoms with van der Waals surface area (Å²) in [5.41, 5.74) is 13.8. The highest BCUT2D eigenvalue weighted by Gasteiger charge is 2.08. The Kier molecular flexibility index (Phi) is 3.44. The lowest BCUT2D eigenvalue weighted by Crippen LogP contribution is -2.13. The fourth-order valence-corrected chi connectivity index (χ4v) is 1.72. The minimum Gasteiger partial charge on any atom is -0.399 e. The first kappa shape index (κ1) is 11.9. The zero-order valence-corrected chi connectivity index (χ0v) is 9.84. The van der Waals surface area contributed by atoms with Gasteiger partial charge >= 0.3 is 0 Å². The van der Waals surface area contributed by atoms with Gasteiger partial charge in [0, 0.05) is 11.3 Å². The van der Waals surface area contributed by atoms with Crippen LogP contribution in [-0.4, -0.2) is 5.91 Å². The van der Waals surface area contributed by atoms with Crippen LogP contribution >= 0.6 is 0 Å². The van der Waals surface area contributed by atoms with Crippen LogP contribution in [0, 0.1) is 0 Å². The van der Waals surface area contributed by atoms with E-state index in [2.05, 4.69) is 0 Å². The van der Waals surface area contributed by atoms with Crippen molar-refractivity contribution in [3.63, 3.8) is 0 Å². The molecule has 0 fully saturated rings. The molecule has 90 valence electrons. The second-order valence-corrected chi connectivity index (χ2v) is 3.96. The zero-order valence-electron chi connectivity index (χ0n) is 9.84. The van der Waals surface area contributed by atoms with Crippen molar-refractivity contribution in [1.29, 1.82) is 0 Å². The van der Waals surface area contributed by atoms with Crippen LogP contribution in [0.15, 0.2) is 54.6 Å².